The third kappa shape index (κ3) is 3.24. The summed E-state index contributed by atoms with van der Waals surface area (Å²) in [4.78, 5) is 2.27. The molecule has 0 spiro atoms. The van der Waals surface area contributed by atoms with Gasteiger partial charge in [0.25, 0.3) is 0 Å². The minimum absolute atomic E-state index is 0.0407. The van der Waals surface area contributed by atoms with Gasteiger partial charge >= 0.3 is 6.18 Å². The Morgan fingerprint density at radius 1 is 0.846 bits per heavy atom. The predicted octanol–water partition coefficient (Wildman–Crippen LogP) is 4.55. The van der Waals surface area contributed by atoms with E-state index < -0.39 is 11.9 Å². The van der Waals surface area contributed by atoms with E-state index in [0.717, 1.165) is 6.07 Å². The Balaban J connectivity index is 1.54. The molecule has 0 saturated carbocycles. The molecule has 0 aliphatic carbocycles. The van der Waals surface area contributed by atoms with Gasteiger partial charge in [-0.2, -0.15) is 18.3 Å². The number of hydrogen-bond acceptors (Lipinski definition) is 2. The van der Waals surface area contributed by atoms with E-state index in [1.807, 2.05) is 36.4 Å². The van der Waals surface area contributed by atoms with Gasteiger partial charge in [0.05, 0.1) is 12.1 Å². The highest BCUT2D eigenvalue weighted by Crippen LogP contribution is 2.36. The van der Waals surface area contributed by atoms with Crippen molar-refractivity contribution in [3.63, 3.8) is 0 Å². The molecule has 1 saturated heterocycles. The summed E-state index contributed by atoms with van der Waals surface area (Å²) in [6.45, 7) is 1.32. The van der Waals surface area contributed by atoms with Gasteiger partial charge in [0.2, 0.25) is 0 Å². The fourth-order valence-corrected chi connectivity index (χ4v) is 3.44. The summed E-state index contributed by atoms with van der Waals surface area (Å²) in [6.07, 6.45) is -2.98. The molecule has 2 aromatic carbocycles. The van der Waals surface area contributed by atoms with Gasteiger partial charge in [-0.15, -0.1) is 0 Å². The van der Waals surface area contributed by atoms with Crippen molar-refractivity contribution >= 4 is 0 Å². The van der Waals surface area contributed by atoms with Gasteiger partial charge in [-0.1, -0.05) is 60.7 Å². The van der Waals surface area contributed by atoms with E-state index in [1.54, 1.807) is 0 Å². The third-order valence-corrected chi connectivity index (χ3v) is 4.76. The Morgan fingerprint density at radius 2 is 1.38 bits per heavy atom. The van der Waals surface area contributed by atoms with Crippen molar-refractivity contribution in [1.29, 1.82) is 0 Å². The van der Waals surface area contributed by atoms with Crippen molar-refractivity contribution in [2.24, 2.45) is 0 Å². The zero-order valence-corrected chi connectivity index (χ0v) is 14.0. The van der Waals surface area contributed by atoms with Crippen LogP contribution in [0.1, 0.15) is 28.9 Å². The van der Waals surface area contributed by atoms with Crippen LogP contribution in [0.5, 0.6) is 0 Å². The Bertz CT molecular complexity index is 813. The number of hydrogen-bond donors (Lipinski definition) is 0. The summed E-state index contributed by atoms with van der Waals surface area (Å²) >= 11 is 0. The van der Waals surface area contributed by atoms with Gasteiger partial charge < -0.3 is 0 Å². The Morgan fingerprint density at radius 3 is 1.85 bits per heavy atom. The van der Waals surface area contributed by atoms with Gasteiger partial charge in [-0.3, -0.25) is 9.58 Å². The van der Waals surface area contributed by atoms with Crippen molar-refractivity contribution < 1.29 is 13.2 Å². The van der Waals surface area contributed by atoms with Crippen molar-refractivity contribution in [1.82, 2.24) is 14.7 Å². The third-order valence-electron chi connectivity index (χ3n) is 4.76. The zero-order chi connectivity index (χ0) is 18.1. The molecule has 26 heavy (non-hydrogen) atoms. The first kappa shape index (κ1) is 16.8. The first-order chi connectivity index (χ1) is 12.5. The lowest BCUT2D eigenvalue weighted by atomic mass is 9.93. The predicted molar refractivity (Wildman–Crippen MR) is 92.6 cm³/mol. The van der Waals surface area contributed by atoms with Crippen molar-refractivity contribution in [3.8, 4) is 0 Å². The van der Waals surface area contributed by atoms with Crippen molar-refractivity contribution in [2.75, 3.05) is 13.1 Å². The van der Waals surface area contributed by atoms with Crippen LogP contribution >= 0.6 is 0 Å². The van der Waals surface area contributed by atoms with Crippen LogP contribution in [0.15, 0.2) is 72.9 Å². The first-order valence-corrected chi connectivity index (χ1v) is 8.48. The molecule has 4 rings (SSSR count). The molecule has 0 bridgehead atoms. The number of nitrogens with zero attached hydrogens (tertiary/aromatic N) is 3. The average Bonchev–Trinajstić information content (AvgIpc) is 3.09. The van der Waals surface area contributed by atoms with Crippen LogP contribution in [0.25, 0.3) is 0 Å². The molecule has 6 heteroatoms. The van der Waals surface area contributed by atoms with Crippen LogP contribution in [0, 0.1) is 0 Å². The fourth-order valence-electron chi connectivity index (χ4n) is 3.44. The highest BCUT2D eigenvalue weighted by molar-refractivity contribution is 5.32. The van der Waals surface area contributed by atoms with Gasteiger partial charge in [0, 0.05) is 19.3 Å². The number of alkyl halides is 3. The summed E-state index contributed by atoms with van der Waals surface area (Å²) in [5.74, 6) is 0. The molecule has 1 aromatic heterocycles. The summed E-state index contributed by atoms with van der Waals surface area (Å²) in [7, 11) is 0. The minimum atomic E-state index is -4.40. The maximum absolute atomic E-state index is 12.7. The lowest BCUT2D eigenvalue weighted by Gasteiger charge is -2.44. The Hall–Kier alpha value is -2.60. The molecular weight excluding hydrogens is 339 g/mol. The first-order valence-electron chi connectivity index (χ1n) is 8.48. The smallest absolute Gasteiger partial charge is 0.288 e. The van der Waals surface area contributed by atoms with Crippen molar-refractivity contribution in [3.05, 3.63) is 89.7 Å². The summed E-state index contributed by atoms with van der Waals surface area (Å²) in [6, 6.07) is 21.4. The molecule has 0 unspecified atom stereocenters. The Labute approximate surface area is 149 Å². The van der Waals surface area contributed by atoms with E-state index in [4.69, 9.17) is 0 Å². The lowest BCUT2D eigenvalue weighted by molar-refractivity contribution is -0.141. The molecule has 134 valence electrons. The van der Waals surface area contributed by atoms with Crippen molar-refractivity contribution in [2.45, 2.75) is 18.3 Å². The second-order valence-corrected chi connectivity index (χ2v) is 6.51. The highest BCUT2D eigenvalue weighted by Gasteiger charge is 2.38. The van der Waals surface area contributed by atoms with Crippen LogP contribution in [0.4, 0.5) is 13.2 Å². The van der Waals surface area contributed by atoms with Gasteiger partial charge in [0.15, 0.2) is 5.69 Å². The van der Waals surface area contributed by atoms with E-state index >= 15 is 0 Å². The maximum Gasteiger partial charge on any atom is 0.435 e. The van der Waals surface area contributed by atoms with Crippen LogP contribution in [0.2, 0.25) is 0 Å². The normalized spacial score (nSPS) is 16.0. The number of aromatic nitrogens is 2. The van der Waals surface area contributed by atoms with Crippen LogP contribution in [-0.2, 0) is 6.18 Å². The number of likely N-dealkylation sites (tertiary alicyclic amines) is 1. The van der Waals surface area contributed by atoms with Gasteiger partial charge in [-0.05, 0) is 17.2 Å². The maximum atomic E-state index is 12.7. The molecule has 1 fully saturated rings. The monoisotopic (exact) mass is 357 g/mol. The molecule has 1 aliphatic rings. The van der Waals surface area contributed by atoms with Gasteiger partial charge in [0.1, 0.15) is 0 Å². The fraction of sp³-hybridized carbons (Fsp3) is 0.250. The quantitative estimate of drug-likeness (QED) is 0.683. The van der Waals surface area contributed by atoms with Crippen LogP contribution in [0.3, 0.4) is 0 Å². The SMILES string of the molecule is FC(F)(F)c1ccn(C2CN(C(c3ccccc3)c3ccccc3)C2)n1. The molecular formula is C20H18F3N3. The second-order valence-electron chi connectivity index (χ2n) is 6.51. The molecule has 1 aliphatic heterocycles. The van der Waals surface area contributed by atoms with E-state index in [1.165, 1.54) is 22.0 Å². The summed E-state index contributed by atoms with van der Waals surface area (Å²) in [5, 5.41) is 3.71. The van der Waals surface area contributed by atoms with E-state index in [9.17, 15) is 13.2 Å². The van der Waals surface area contributed by atoms with Gasteiger partial charge in [-0.25, -0.2) is 0 Å². The zero-order valence-electron chi connectivity index (χ0n) is 14.0. The van der Waals surface area contributed by atoms with E-state index in [-0.39, 0.29) is 12.1 Å². The molecule has 0 atom stereocenters. The molecule has 3 aromatic rings. The molecule has 0 amide bonds. The minimum Gasteiger partial charge on any atom is -0.288 e. The van der Waals surface area contributed by atoms with Crippen LogP contribution in [-0.4, -0.2) is 27.8 Å². The molecule has 3 nitrogen and oxygen atoms in total. The number of benzene rings is 2. The second kappa shape index (κ2) is 6.61. The Kier molecular flexibility index (Phi) is 4.28. The number of rotatable bonds is 4. The number of halogens is 3. The molecule has 0 radical (unpaired) electrons. The molecule has 2 heterocycles. The highest BCUT2D eigenvalue weighted by atomic mass is 19.4. The summed E-state index contributed by atoms with van der Waals surface area (Å²) < 4.78 is 39.7. The molecule has 0 N–H and O–H groups in total. The average molecular weight is 357 g/mol. The van der Waals surface area contributed by atoms with E-state index in [0.29, 0.717) is 13.1 Å². The van der Waals surface area contributed by atoms with Crippen LogP contribution < -0.4 is 0 Å². The lowest BCUT2D eigenvalue weighted by Crippen LogP contribution is -2.49. The largest absolute Gasteiger partial charge is 0.435 e. The summed E-state index contributed by atoms with van der Waals surface area (Å²) in [5.41, 5.74) is 1.51. The standard InChI is InChI=1S/C20H18F3N3/c21-20(22,23)18-11-12-26(24-18)17-13-25(14-17)19(15-7-3-1-4-8-15)16-9-5-2-6-10-16/h1-12,17,19H,13-14H2. The van der Waals surface area contributed by atoms with E-state index in [2.05, 4.69) is 34.3 Å². The topological polar surface area (TPSA) is 21.1 Å².